The van der Waals surface area contributed by atoms with Crippen molar-refractivity contribution in [2.24, 2.45) is 0 Å². The SMILES string of the molecule is C=CCN1C(=O)N(C2CCOc3c(Br)cccc32)C(=O)C1Cc1ccccc1. The number of carbonyl (C=O) groups excluding carboxylic acids is 2. The number of para-hydroxylation sites is 1. The second kappa shape index (κ2) is 7.80. The Hall–Kier alpha value is -2.60. The summed E-state index contributed by atoms with van der Waals surface area (Å²) in [6.45, 7) is 4.56. The topological polar surface area (TPSA) is 49.9 Å². The fourth-order valence-electron chi connectivity index (χ4n) is 3.96. The fraction of sp³-hybridized carbons (Fsp3) is 0.273. The molecule has 2 aromatic carbocycles. The molecule has 2 unspecified atom stereocenters. The smallest absolute Gasteiger partial charge is 0.328 e. The molecule has 2 aliphatic heterocycles. The van der Waals surface area contributed by atoms with Crippen LogP contribution in [0.2, 0.25) is 0 Å². The molecule has 1 saturated heterocycles. The Kier molecular flexibility index (Phi) is 5.22. The van der Waals surface area contributed by atoms with Crippen molar-refractivity contribution in [1.29, 1.82) is 0 Å². The van der Waals surface area contributed by atoms with Gasteiger partial charge in [0.25, 0.3) is 5.91 Å². The molecule has 6 heteroatoms. The van der Waals surface area contributed by atoms with Crippen molar-refractivity contribution in [3.63, 3.8) is 0 Å². The standard InChI is InChI=1S/C22H21BrN2O3/c1-2-12-24-19(14-15-7-4-3-5-8-15)21(26)25(22(24)27)18-11-13-28-20-16(18)9-6-10-17(20)23/h2-10,18-19H,1,11-14H2. The number of fused-ring (bicyclic) bond motifs is 1. The number of rotatable bonds is 5. The predicted octanol–water partition coefficient (Wildman–Crippen LogP) is 4.33. The quantitative estimate of drug-likeness (QED) is 0.513. The van der Waals surface area contributed by atoms with Gasteiger partial charge in [-0.05, 0) is 27.6 Å². The lowest BCUT2D eigenvalue weighted by molar-refractivity contribution is -0.130. The number of nitrogens with zero attached hydrogens (tertiary/aromatic N) is 2. The van der Waals surface area contributed by atoms with Gasteiger partial charge in [0.2, 0.25) is 0 Å². The highest BCUT2D eigenvalue weighted by Gasteiger charge is 2.48. The van der Waals surface area contributed by atoms with Crippen LogP contribution in [0.3, 0.4) is 0 Å². The molecule has 2 heterocycles. The minimum atomic E-state index is -0.522. The van der Waals surface area contributed by atoms with E-state index in [0.717, 1.165) is 15.6 Å². The van der Waals surface area contributed by atoms with Crippen molar-refractivity contribution in [2.45, 2.75) is 24.9 Å². The molecule has 144 valence electrons. The van der Waals surface area contributed by atoms with Gasteiger partial charge in [-0.25, -0.2) is 4.79 Å². The number of hydrogen-bond acceptors (Lipinski definition) is 3. The summed E-state index contributed by atoms with van der Waals surface area (Å²) < 4.78 is 6.62. The Labute approximate surface area is 172 Å². The van der Waals surface area contributed by atoms with Crippen LogP contribution in [0.15, 0.2) is 65.7 Å². The summed E-state index contributed by atoms with van der Waals surface area (Å²) >= 11 is 3.50. The largest absolute Gasteiger partial charge is 0.492 e. The zero-order chi connectivity index (χ0) is 19.7. The zero-order valence-corrected chi connectivity index (χ0v) is 17.0. The first-order chi connectivity index (χ1) is 13.6. The molecule has 2 aromatic rings. The van der Waals surface area contributed by atoms with E-state index in [1.165, 1.54) is 4.90 Å². The first kappa shape index (κ1) is 18.7. The number of carbonyl (C=O) groups is 2. The highest BCUT2D eigenvalue weighted by atomic mass is 79.9. The minimum absolute atomic E-state index is 0.159. The Morgan fingerprint density at radius 3 is 2.68 bits per heavy atom. The Morgan fingerprint density at radius 1 is 1.14 bits per heavy atom. The van der Waals surface area contributed by atoms with Crippen LogP contribution in [-0.2, 0) is 11.2 Å². The molecule has 0 aromatic heterocycles. The Balaban J connectivity index is 1.69. The highest BCUT2D eigenvalue weighted by Crippen LogP contribution is 2.42. The Bertz CT molecular complexity index is 915. The van der Waals surface area contributed by atoms with Crippen molar-refractivity contribution in [1.82, 2.24) is 9.80 Å². The zero-order valence-electron chi connectivity index (χ0n) is 15.4. The molecular formula is C22H21BrN2O3. The third kappa shape index (κ3) is 3.22. The van der Waals surface area contributed by atoms with Crippen LogP contribution in [0.4, 0.5) is 4.79 Å². The Morgan fingerprint density at radius 2 is 1.93 bits per heavy atom. The molecule has 2 aliphatic rings. The van der Waals surface area contributed by atoms with Crippen molar-refractivity contribution in [3.8, 4) is 5.75 Å². The summed E-state index contributed by atoms with van der Waals surface area (Å²) in [7, 11) is 0. The van der Waals surface area contributed by atoms with Crippen molar-refractivity contribution in [2.75, 3.05) is 13.2 Å². The van der Waals surface area contributed by atoms with E-state index in [2.05, 4.69) is 22.5 Å². The van der Waals surface area contributed by atoms with Crippen molar-refractivity contribution in [3.05, 3.63) is 76.8 Å². The van der Waals surface area contributed by atoms with E-state index in [9.17, 15) is 9.59 Å². The van der Waals surface area contributed by atoms with Crippen LogP contribution in [0.1, 0.15) is 23.6 Å². The summed E-state index contributed by atoms with van der Waals surface area (Å²) in [5, 5.41) is 0. The van der Waals surface area contributed by atoms with Crippen LogP contribution < -0.4 is 4.74 Å². The first-order valence-corrected chi connectivity index (χ1v) is 10.1. The maximum atomic E-state index is 13.4. The van der Waals surface area contributed by atoms with E-state index < -0.39 is 6.04 Å². The lowest BCUT2D eigenvalue weighted by atomic mass is 9.98. The molecule has 4 rings (SSSR count). The van der Waals surface area contributed by atoms with Crippen LogP contribution >= 0.6 is 15.9 Å². The van der Waals surface area contributed by atoms with Gasteiger partial charge in [0.05, 0.1) is 17.1 Å². The number of benzene rings is 2. The van der Waals surface area contributed by atoms with Crippen molar-refractivity contribution >= 4 is 27.9 Å². The summed E-state index contributed by atoms with van der Waals surface area (Å²) in [5.41, 5.74) is 1.89. The second-order valence-corrected chi connectivity index (χ2v) is 7.80. The average Bonchev–Trinajstić information content (AvgIpc) is 2.93. The average molecular weight is 441 g/mol. The summed E-state index contributed by atoms with van der Waals surface area (Å²) in [5.74, 6) is 0.551. The molecule has 0 aliphatic carbocycles. The molecule has 2 atom stereocenters. The van der Waals surface area contributed by atoms with E-state index in [0.29, 0.717) is 31.7 Å². The van der Waals surface area contributed by atoms with Crippen LogP contribution in [0, 0.1) is 0 Å². The lowest BCUT2D eigenvalue weighted by Crippen LogP contribution is -2.38. The molecule has 28 heavy (non-hydrogen) atoms. The van der Waals surface area contributed by atoms with Gasteiger partial charge in [-0.3, -0.25) is 9.69 Å². The minimum Gasteiger partial charge on any atom is -0.492 e. The fourth-order valence-corrected chi connectivity index (χ4v) is 4.46. The van der Waals surface area contributed by atoms with Gasteiger partial charge < -0.3 is 9.64 Å². The number of urea groups is 1. The van der Waals surface area contributed by atoms with E-state index >= 15 is 0 Å². The van der Waals surface area contributed by atoms with Crippen LogP contribution in [0.5, 0.6) is 5.75 Å². The van der Waals surface area contributed by atoms with Gasteiger partial charge in [0.1, 0.15) is 11.8 Å². The van der Waals surface area contributed by atoms with Crippen LogP contribution in [-0.4, -0.2) is 40.9 Å². The summed E-state index contributed by atoms with van der Waals surface area (Å²) in [6.07, 6.45) is 2.74. The molecule has 0 spiro atoms. The van der Waals surface area contributed by atoms with Crippen LogP contribution in [0.25, 0.3) is 0 Å². The summed E-state index contributed by atoms with van der Waals surface area (Å²) in [4.78, 5) is 29.6. The van der Waals surface area contributed by atoms with E-state index in [1.54, 1.807) is 11.0 Å². The van der Waals surface area contributed by atoms with E-state index in [-0.39, 0.29) is 18.0 Å². The maximum Gasteiger partial charge on any atom is 0.328 e. The predicted molar refractivity (Wildman–Crippen MR) is 110 cm³/mol. The molecule has 5 nitrogen and oxygen atoms in total. The van der Waals surface area contributed by atoms with Gasteiger partial charge in [0, 0.05) is 24.9 Å². The molecule has 1 fully saturated rings. The third-order valence-corrected chi connectivity index (χ3v) is 5.88. The van der Waals surface area contributed by atoms with Gasteiger partial charge in [-0.1, -0.05) is 48.5 Å². The lowest BCUT2D eigenvalue weighted by Gasteiger charge is -2.32. The molecule has 0 saturated carbocycles. The second-order valence-electron chi connectivity index (χ2n) is 6.95. The number of amides is 3. The molecular weight excluding hydrogens is 420 g/mol. The number of hydrogen-bond donors (Lipinski definition) is 0. The molecule has 0 radical (unpaired) electrons. The molecule has 0 bridgehead atoms. The normalized spacial score (nSPS) is 21.5. The van der Waals surface area contributed by atoms with Gasteiger partial charge in [-0.15, -0.1) is 6.58 Å². The van der Waals surface area contributed by atoms with Crippen molar-refractivity contribution < 1.29 is 14.3 Å². The summed E-state index contributed by atoms with van der Waals surface area (Å²) in [6, 6.07) is 14.4. The van der Waals surface area contributed by atoms with E-state index in [4.69, 9.17) is 4.74 Å². The first-order valence-electron chi connectivity index (χ1n) is 9.31. The molecule has 0 N–H and O–H groups in total. The van der Waals surface area contributed by atoms with Gasteiger partial charge >= 0.3 is 6.03 Å². The maximum absolute atomic E-state index is 13.4. The number of ether oxygens (including phenoxy) is 1. The number of halogens is 1. The highest BCUT2D eigenvalue weighted by molar-refractivity contribution is 9.10. The van der Waals surface area contributed by atoms with Gasteiger partial charge in [0.15, 0.2) is 0 Å². The molecule has 3 amide bonds. The third-order valence-electron chi connectivity index (χ3n) is 5.25. The van der Waals surface area contributed by atoms with E-state index in [1.807, 2.05) is 48.5 Å². The monoisotopic (exact) mass is 440 g/mol. The number of imide groups is 1. The van der Waals surface area contributed by atoms with Gasteiger partial charge in [-0.2, -0.15) is 0 Å².